The molecule has 0 fully saturated rings. The van der Waals surface area contributed by atoms with Crippen LogP contribution >= 0.6 is 0 Å². The zero-order chi connectivity index (χ0) is 9.68. The molecule has 0 radical (unpaired) electrons. The molecule has 3 heteroatoms. The summed E-state index contributed by atoms with van der Waals surface area (Å²) < 4.78 is 0. The van der Waals surface area contributed by atoms with Gasteiger partial charge in [-0.1, -0.05) is 12.6 Å². The van der Waals surface area contributed by atoms with E-state index in [4.69, 9.17) is 5.26 Å². The molecule has 0 aromatic heterocycles. The molecule has 0 atom stereocenters. The van der Waals surface area contributed by atoms with Gasteiger partial charge in [0, 0.05) is 5.69 Å². The van der Waals surface area contributed by atoms with Crippen molar-refractivity contribution in [1.29, 1.82) is 5.26 Å². The highest BCUT2D eigenvalue weighted by Crippen LogP contribution is 2.09. The van der Waals surface area contributed by atoms with Crippen molar-refractivity contribution in [2.75, 3.05) is 5.32 Å². The van der Waals surface area contributed by atoms with Crippen molar-refractivity contribution in [2.24, 2.45) is 0 Å². The van der Waals surface area contributed by atoms with Gasteiger partial charge < -0.3 is 5.32 Å². The van der Waals surface area contributed by atoms with Crippen molar-refractivity contribution in [2.45, 2.75) is 0 Å². The second-order valence-corrected chi connectivity index (χ2v) is 2.39. The second kappa shape index (κ2) is 4.07. The molecule has 1 rings (SSSR count). The fraction of sp³-hybridized carbons (Fsp3) is 0. The lowest BCUT2D eigenvalue weighted by atomic mass is 10.2. The van der Waals surface area contributed by atoms with Crippen LogP contribution in [0.15, 0.2) is 36.9 Å². The third-order valence-electron chi connectivity index (χ3n) is 1.44. The zero-order valence-corrected chi connectivity index (χ0v) is 6.95. The van der Waals surface area contributed by atoms with Gasteiger partial charge in [0.15, 0.2) is 0 Å². The van der Waals surface area contributed by atoms with Crippen LogP contribution in [-0.2, 0) is 4.79 Å². The topological polar surface area (TPSA) is 52.9 Å². The Balaban J connectivity index is 2.85. The number of nitriles is 1. The Morgan fingerprint density at radius 3 is 3.00 bits per heavy atom. The Kier molecular flexibility index (Phi) is 2.82. The fourth-order valence-corrected chi connectivity index (χ4v) is 0.860. The summed E-state index contributed by atoms with van der Waals surface area (Å²) in [5.74, 6) is -0.282. The zero-order valence-electron chi connectivity index (χ0n) is 6.95. The van der Waals surface area contributed by atoms with E-state index in [1.165, 1.54) is 6.08 Å². The molecule has 0 heterocycles. The number of amides is 1. The van der Waals surface area contributed by atoms with Gasteiger partial charge in [0.05, 0.1) is 11.6 Å². The van der Waals surface area contributed by atoms with Gasteiger partial charge in [-0.25, -0.2) is 0 Å². The van der Waals surface area contributed by atoms with Crippen LogP contribution in [0.25, 0.3) is 0 Å². The van der Waals surface area contributed by atoms with Gasteiger partial charge in [-0.2, -0.15) is 5.26 Å². The number of anilines is 1. The van der Waals surface area contributed by atoms with Crippen LogP contribution in [0.5, 0.6) is 0 Å². The molecule has 1 amide bonds. The summed E-state index contributed by atoms with van der Waals surface area (Å²) in [5.41, 5.74) is 1.12. The van der Waals surface area contributed by atoms with Crippen molar-refractivity contribution in [1.82, 2.24) is 0 Å². The van der Waals surface area contributed by atoms with Gasteiger partial charge in [-0.05, 0) is 24.3 Å². The van der Waals surface area contributed by atoms with Gasteiger partial charge in [0.2, 0.25) is 5.91 Å². The van der Waals surface area contributed by atoms with Crippen LogP contribution in [0.3, 0.4) is 0 Å². The fourth-order valence-electron chi connectivity index (χ4n) is 0.860. The molecule has 13 heavy (non-hydrogen) atoms. The molecule has 0 aliphatic heterocycles. The quantitative estimate of drug-likeness (QED) is 0.690. The third kappa shape index (κ3) is 2.46. The molecule has 1 N–H and O–H groups in total. The summed E-state index contributed by atoms with van der Waals surface area (Å²) in [7, 11) is 0. The first-order chi connectivity index (χ1) is 6.26. The van der Waals surface area contributed by atoms with Crippen molar-refractivity contribution in [3.05, 3.63) is 42.5 Å². The van der Waals surface area contributed by atoms with E-state index in [0.29, 0.717) is 11.3 Å². The first-order valence-corrected chi connectivity index (χ1v) is 3.70. The standard InChI is InChI=1S/C10H8N2O/c1-2-10(13)12-9-5-3-4-8(6-9)7-11/h2-6H,1H2,(H,12,13). The summed E-state index contributed by atoms with van der Waals surface area (Å²) in [4.78, 5) is 10.9. The number of carbonyl (C=O) groups is 1. The predicted molar refractivity (Wildman–Crippen MR) is 50.0 cm³/mol. The number of hydrogen-bond acceptors (Lipinski definition) is 2. The third-order valence-corrected chi connectivity index (χ3v) is 1.44. The number of hydrogen-bond donors (Lipinski definition) is 1. The molecule has 1 aromatic carbocycles. The van der Waals surface area contributed by atoms with E-state index in [2.05, 4.69) is 11.9 Å². The van der Waals surface area contributed by atoms with E-state index in [0.717, 1.165) is 0 Å². The molecular weight excluding hydrogens is 164 g/mol. The maximum absolute atomic E-state index is 10.9. The Bertz CT molecular complexity index is 377. The second-order valence-electron chi connectivity index (χ2n) is 2.39. The average molecular weight is 172 g/mol. The van der Waals surface area contributed by atoms with Crippen molar-refractivity contribution >= 4 is 11.6 Å². The van der Waals surface area contributed by atoms with Crippen LogP contribution < -0.4 is 5.32 Å². The summed E-state index contributed by atoms with van der Waals surface area (Å²) in [6.45, 7) is 3.32. The van der Waals surface area contributed by atoms with Crippen molar-refractivity contribution < 1.29 is 4.79 Å². The molecule has 0 aliphatic rings. The Morgan fingerprint density at radius 2 is 2.38 bits per heavy atom. The van der Waals surface area contributed by atoms with E-state index in [1.54, 1.807) is 24.3 Å². The number of nitrogens with zero attached hydrogens (tertiary/aromatic N) is 1. The Hall–Kier alpha value is -2.08. The largest absolute Gasteiger partial charge is 0.322 e. The predicted octanol–water partition coefficient (Wildman–Crippen LogP) is 1.68. The lowest BCUT2D eigenvalue weighted by Gasteiger charge is -2.00. The molecule has 0 bridgehead atoms. The minimum atomic E-state index is -0.282. The van der Waals surface area contributed by atoms with E-state index in [1.807, 2.05) is 6.07 Å². The maximum atomic E-state index is 10.9. The first kappa shape index (κ1) is 9.01. The summed E-state index contributed by atoms with van der Waals surface area (Å²) in [6, 6.07) is 8.67. The van der Waals surface area contributed by atoms with Crippen LogP contribution in [0.1, 0.15) is 5.56 Å². The number of rotatable bonds is 2. The Labute approximate surface area is 76.3 Å². The summed E-state index contributed by atoms with van der Waals surface area (Å²) in [5, 5.41) is 11.1. The molecule has 3 nitrogen and oxygen atoms in total. The lowest BCUT2D eigenvalue weighted by molar-refractivity contribution is -0.111. The van der Waals surface area contributed by atoms with Crippen LogP contribution in [0.2, 0.25) is 0 Å². The highest BCUT2D eigenvalue weighted by atomic mass is 16.1. The summed E-state index contributed by atoms with van der Waals surface area (Å²) in [6.07, 6.45) is 1.18. The van der Waals surface area contributed by atoms with E-state index in [9.17, 15) is 4.79 Å². The van der Waals surface area contributed by atoms with E-state index < -0.39 is 0 Å². The number of nitrogens with one attached hydrogen (secondary N) is 1. The molecule has 0 aliphatic carbocycles. The molecule has 0 saturated heterocycles. The first-order valence-electron chi connectivity index (χ1n) is 3.70. The Morgan fingerprint density at radius 1 is 1.62 bits per heavy atom. The summed E-state index contributed by atoms with van der Waals surface area (Å²) >= 11 is 0. The molecule has 64 valence electrons. The van der Waals surface area contributed by atoms with E-state index >= 15 is 0 Å². The number of carbonyl (C=O) groups excluding carboxylic acids is 1. The molecule has 0 spiro atoms. The van der Waals surface area contributed by atoms with E-state index in [-0.39, 0.29) is 5.91 Å². The van der Waals surface area contributed by atoms with Crippen molar-refractivity contribution in [3.63, 3.8) is 0 Å². The van der Waals surface area contributed by atoms with Crippen LogP contribution in [0.4, 0.5) is 5.69 Å². The van der Waals surface area contributed by atoms with Gasteiger partial charge in [-0.3, -0.25) is 4.79 Å². The molecular formula is C10H8N2O. The van der Waals surface area contributed by atoms with Gasteiger partial charge >= 0.3 is 0 Å². The molecule has 0 unspecified atom stereocenters. The number of benzene rings is 1. The van der Waals surface area contributed by atoms with Crippen molar-refractivity contribution in [3.8, 4) is 6.07 Å². The van der Waals surface area contributed by atoms with Gasteiger partial charge in [0.25, 0.3) is 0 Å². The minimum Gasteiger partial charge on any atom is -0.322 e. The SMILES string of the molecule is C=CC(=O)Nc1cccc(C#N)c1. The smallest absolute Gasteiger partial charge is 0.247 e. The highest BCUT2D eigenvalue weighted by molar-refractivity contribution is 5.98. The molecule has 0 saturated carbocycles. The van der Waals surface area contributed by atoms with Gasteiger partial charge in [0.1, 0.15) is 0 Å². The highest BCUT2D eigenvalue weighted by Gasteiger charge is 1.97. The minimum absolute atomic E-state index is 0.282. The lowest BCUT2D eigenvalue weighted by Crippen LogP contribution is -2.06. The van der Waals surface area contributed by atoms with Crippen LogP contribution in [-0.4, -0.2) is 5.91 Å². The average Bonchev–Trinajstić information content (AvgIpc) is 2.18. The van der Waals surface area contributed by atoms with Crippen LogP contribution in [0, 0.1) is 11.3 Å². The maximum Gasteiger partial charge on any atom is 0.247 e. The monoisotopic (exact) mass is 172 g/mol. The normalized spacial score (nSPS) is 8.54. The molecule has 1 aromatic rings. The van der Waals surface area contributed by atoms with Gasteiger partial charge in [-0.15, -0.1) is 0 Å².